The number of carbonyl (C=O) groups excluding carboxylic acids is 1. The normalized spacial score (nSPS) is 15.9. The van der Waals surface area contributed by atoms with Crippen molar-refractivity contribution in [1.29, 1.82) is 0 Å². The molecule has 1 saturated heterocycles. The first kappa shape index (κ1) is 17.5. The third-order valence-corrected chi connectivity index (χ3v) is 3.58. The van der Waals surface area contributed by atoms with Gasteiger partial charge in [-0.2, -0.15) is 0 Å². The standard InChI is InChI=1S/C17H28N4O2/c1-17(2,3)23-16(22)21-11-9-20(10-12-21)15-14(13-19(4)5)7-6-8-18-15/h6-8H,9-13H2,1-5H3. The molecule has 0 aromatic carbocycles. The number of hydrogen-bond acceptors (Lipinski definition) is 5. The molecule has 0 N–H and O–H groups in total. The van der Waals surface area contributed by atoms with Gasteiger partial charge in [0.1, 0.15) is 11.4 Å². The Labute approximate surface area is 139 Å². The van der Waals surface area contributed by atoms with Crippen LogP contribution in [0.2, 0.25) is 0 Å². The van der Waals surface area contributed by atoms with E-state index in [9.17, 15) is 4.79 Å². The van der Waals surface area contributed by atoms with Crippen LogP contribution < -0.4 is 4.90 Å². The quantitative estimate of drug-likeness (QED) is 0.854. The Hall–Kier alpha value is -1.82. The van der Waals surface area contributed by atoms with Crippen molar-refractivity contribution >= 4 is 11.9 Å². The van der Waals surface area contributed by atoms with E-state index in [-0.39, 0.29) is 6.09 Å². The van der Waals surface area contributed by atoms with Gasteiger partial charge in [0.15, 0.2) is 0 Å². The van der Waals surface area contributed by atoms with Gasteiger partial charge in [0.25, 0.3) is 0 Å². The van der Waals surface area contributed by atoms with Gasteiger partial charge in [-0.15, -0.1) is 0 Å². The fourth-order valence-electron chi connectivity index (χ4n) is 2.61. The number of carbonyl (C=O) groups is 1. The van der Waals surface area contributed by atoms with E-state index in [1.54, 1.807) is 4.90 Å². The first-order valence-electron chi connectivity index (χ1n) is 8.08. The first-order valence-corrected chi connectivity index (χ1v) is 8.08. The lowest BCUT2D eigenvalue weighted by atomic mass is 10.2. The van der Waals surface area contributed by atoms with Gasteiger partial charge >= 0.3 is 6.09 Å². The van der Waals surface area contributed by atoms with Gasteiger partial charge in [-0.25, -0.2) is 9.78 Å². The van der Waals surface area contributed by atoms with Crippen LogP contribution >= 0.6 is 0 Å². The van der Waals surface area contributed by atoms with Crippen LogP contribution in [-0.2, 0) is 11.3 Å². The third-order valence-electron chi connectivity index (χ3n) is 3.58. The number of pyridine rings is 1. The van der Waals surface area contributed by atoms with E-state index in [4.69, 9.17) is 4.74 Å². The maximum absolute atomic E-state index is 12.1. The van der Waals surface area contributed by atoms with Crippen molar-refractivity contribution in [3.63, 3.8) is 0 Å². The molecule has 2 heterocycles. The Balaban J connectivity index is 1.98. The van der Waals surface area contributed by atoms with Crippen LogP contribution in [0.4, 0.5) is 10.6 Å². The summed E-state index contributed by atoms with van der Waals surface area (Å²) in [5.74, 6) is 1.02. The van der Waals surface area contributed by atoms with Gasteiger partial charge in [0.05, 0.1) is 0 Å². The van der Waals surface area contributed by atoms with E-state index in [2.05, 4.69) is 34.9 Å². The molecule has 23 heavy (non-hydrogen) atoms. The van der Waals surface area contributed by atoms with Crippen LogP contribution in [0.25, 0.3) is 0 Å². The smallest absolute Gasteiger partial charge is 0.410 e. The van der Waals surface area contributed by atoms with Crippen molar-refractivity contribution in [3.8, 4) is 0 Å². The van der Waals surface area contributed by atoms with E-state index >= 15 is 0 Å². The Bertz CT molecular complexity index is 532. The Morgan fingerprint density at radius 1 is 1.26 bits per heavy atom. The van der Waals surface area contributed by atoms with Crippen LogP contribution in [0.15, 0.2) is 18.3 Å². The molecule has 1 aromatic rings. The summed E-state index contributed by atoms with van der Waals surface area (Å²) in [5, 5.41) is 0. The average Bonchev–Trinajstić information content (AvgIpc) is 2.45. The number of ether oxygens (including phenoxy) is 1. The number of amides is 1. The number of aromatic nitrogens is 1. The van der Waals surface area contributed by atoms with Crippen LogP contribution in [0.5, 0.6) is 0 Å². The van der Waals surface area contributed by atoms with Crippen LogP contribution in [0, 0.1) is 0 Å². The number of rotatable bonds is 3. The highest BCUT2D eigenvalue weighted by Gasteiger charge is 2.27. The van der Waals surface area contributed by atoms with Crippen molar-refractivity contribution < 1.29 is 9.53 Å². The lowest BCUT2D eigenvalue weighted by Gasteiger charge is -2.37. The van der Waals surface area contributed by atoms with Crippen LogP contribution in [0.1, 0.15) is 26.3 Å². The predicted molar refractivity (Wildman–Crippen MR) is 91.6 cm³/mol. The third kappa shape index (κ3) is 5.10. The van der Waals surface area contributed by atoms with Crippen LogP contribution in [0.3, 0.4) is 0 Å². The molecule has 128 valence electrons. The van der Waals surface area contributed by atoms with Gasteiger partial charge in [-0.3, -0.25) is 0 Å². The highest BCUT2D eigenvalue weighted by Crippen LogP contribution is 2.20. The molecule has 6 nitrogen and oxygen atoms in total. The van der Waals surface area contributed by atoms with E-state index in [0.29, 0.717) is 13.1 Å². The van der Waals surface area contributed by atoms with Crippen molar-refractivity contribution in [1.82, 2.24) is 14.8 Å². The SMILES string of the molecule is CN(C)Cc1cccnc1N1CCN(C(=O)OC(C)(C)C)CC1. The minimum absolute atomic E-state index is 0.230. The highest BCUT2D eigenvalue weighted by molar-refractivity contribution is 5.68. The zero-order valence-corrected chi connectivity index (χ0v) is 14.9. The maximum atomic E-state index is 12.1. The molecule has 1 amide bonds. The molecule has 6 heteroatoms. The molecule has 0 unspecified atom stereocenters. The van der Waals surface area contributed by atoms with Gasteiger partial charge in [-0.1, -0.05) is 6.07 Å². The topological polar surface area (TPSA) is 48.9 Å². The fourth-order valence-corrected chi connectivity index (χ4v) is 2.61. The predicted octanol–water partition coefficient (Wildman–Crippen LogP) is 2.20. The second-order valence-electron chi connectivity index (χ2n) is 7.18. The molecule has 0 spiro atoms. The van der Waals surface area contributed by atoms with Crippen molar-refractivity contribution in [2.75, 3.05) is 45.2 Å². The van der Waals surface area contributed by atoms with E-state index in [0.717, 1.165) is 25.5 Å². The number of hydrogen-bond donors (Lipinski definition) is 0. The van der Waals surface area contributed by atoms with Crippen molar-refractivity contribution in [2.45, 2.75) is 32.9 Å². The minimum atomic E-state index is -0.450. The van der Waals surface area contributed by atoms with Gasteiger partial charge in [0, 0.05) is 44.5 Å². The molecule has 1 aliphatic rings. The van der Waals surface area contributed by atoms with E-state index in [1.807, 2.05) is 33.0 Å². The minimum Gasteiger partial charge on any atom is -0.444 e. The number of nitrogens with zero attached hydrogens (tertiary/aromatic N) is 4. The maximum Gasteiger partial charge on any atom is 0.410 e. The zero-order chi connectivity index (χ0) is 17.0. The molecule has 1 aromatic heterocycles. The fraction of sp³-hybridized carbons (Fsp3) is 0.647. The number of piperazine rings is 1. The summed E-state index contributed by atoms with van der Waals surface area (Å²) in [6.45, 7) is 9.40. The summed E-state index contributed by atoms with van der Waals surface area (Å²) in [5.41, 5.74) is 0.761. The van der Waals surface area contributed by atoms with E-state index in [1.165, 1.54) is 5.56 Å². The van der Waals surface area contributed by atoms with Gasteiger partial charge < -0.3 is 19.4 Å². The van der Waals surface area contributed by atoms with Gasteiger partial charge in [0.2, 0.25) is 0 Å². The molecule has 2 rings (SSSR count). The Morgan fingerprint density at radius 3 is 2.48 bits per heavy atom. The van der Waals surface area contributed by atoms with Gasteiger partial charge in [-0.05, 0) is 40.9 Å². The lowest BCUT2D eigenvalue weighted by Crippen LogP contribution is -2.50. The Kier molecular flexibility index (Phi) is 5.46. The average molecular weight is 320 g/mol. The Morgan fingerprint density at radius 2 is 1.91 bits per heavy atom. The largest absolute Gasteiger partial charge is 0.444 e. The summed E-state index contributed by atoms with van der Waals surface area (Å²) < 4.78 is 5.44. The summed E-state index contributed by atoms with van der Waals surface area (Å²) in [7, 11) is 4.11. The summed E-state index contributed by atoms with van der Waals surface area (Å²) >= 11 is 0. The monoisotopic (exact) mass is 320 g/mol. The molecular weight excluding hydrogens is 292 g/mol. The van der Waals surface area contributed by atoms with Crippen molar-refractivity contribution in [3.05, 3.63) is 23.9 Å². The molecule has 0 aliphatic carbocycles. The van der Waals surface area contributed by atoms with E-state index < -0.39 is 5.60 Å². The lowest BCUT2D eigenvalue weighted by molar-refractivity contribution is 0.0240. The summed E-state index contributed by atoms with van der Waals surface area (Å²) in [6, 6.07) is 4.09. The molecule has 0 saturated carbocycles. The molecule has 0 radical (unpaired) electrons. The molecule has 1 fully saturated rings. The van der Waals surface area contributed by atoms with Crippen molar-refractivity contribution in [2.24, 2.45) is 0 Å². The first-order chi connectivity index (χ1) is 10.8. The molecule has 1 aliphatic heterocycles. The molecule has 0 bridgehead atoms. The summed E-state index contributed by atoms with van der Waals surface area (Å²) in [6.07, 6.45) is 1.60. The second kappa shape index (κ2) is 7.17. The number of anilines is 1. The summed E-state index contributed by atoms with van der Waals surface area (Å²) in [4.78, 5) is 22.8. The molecular formula is C17H28N4O2. The van der Waals surface area contributed by atoms with Crippen LogP contribution in [-0.4, -0.2) is 66.8 Å². The molecule has 0 atom stereocenters. The zero-order valence-electron chi connectivity index (χ0n) is 14.9. The highest BCUT2D eigenvalue weighted by atomic mass is 16.6. The second-order valence-corrected chi connectivity index (χ2v) is 7.18.